The van der Waals surface area contributed by atoms with E-state index in [4.69, 9.17) is 24.7 Å². The van der Waals surface area contributed by atoms with Gasteiger partial charge in [-0.25, -0.2) is 0 Å². The van der Waals surface area contributed by atoms with E-state index in [0.29, 0.717) is 36.2 Å². The number of carbonyl (C=O) groups is 2. The number of methoxy groups -OCH3 is 1. The van der Waals surface area contributed by atoms with Gasteiger partial charge in [-0.3, -0.25) is 9.59 Å². The Labute approximate surface area is 201 Å². The van der Waals surface area contributed by atoms with Gasteiger partial charge in [0, 0.05) is 6.08 Å². The predicted molar refractivity (Wildman–Crippen MR) is 131 cm³/mol. The van der Waals surface area contributed by atoms with Crippen LogP contribution in [0.5, 0.6) is 23.0 Å². The first-order chi connectivity index (χ1) is 16.3. The molecule has 2 rings (SSSR count). The minimum Gasteiger partial charge on any atom is -0.493 e. The van der Waals surface area contributed by atoms with E-state index in [0.717, 1.165) is 11.1 Å². The molecule has 8 heteroatoms. The lowest BCUT2D eigenvalue weighted by molar-refractivity contribution is -0.120. The molecule has 0 aliphatic rings. The molecule has 0 aliphatic carbocycles. The third-order valence-corrected chi connectivity index (χ3v) is 4.88. The molecular formula is C26H34N2O6. The van der Waals surface area contributed by atoms with Gasteiger partial charge < -0.3 is 30.0 Å². The van der Waals surface area contributed by atoms with Crippen molar-refractivity contribution in [2.24, 2.45) is 11.7 Å². The van der Waals surface area contributed by atoms with Gasteiger partial charge in [0.1, 0.15) is 0 Å². The number of nitrogens with one attached hydrogen (secondary N) is 1. The van der Waals surface area contributed by atoms with E-state index in [-0.39, 0.29) is 24.5 Å². The van der Waals surface area contributed by atoms with Gasteiger partial charge in [-0.1, -0.05) is 26.0 Å². The predicted octanol–water partition coefficient (Wildman–Crippen LogP) is 3.88. The maximum atomic E-state index is 12.7. The first-order valence-electron chi connectivity index (χ1n) is 11.3. The SMILES string of the molecule is CCOc1ccc(C(NC(=O)/C=C/c2ccc(OCC(N)=O)c(OC)c2)C(C)C)cc1OCC. The van der Waals surface area contributed by atoms with Crippen molar-refractivity contribution in [3.63, 3.8) is 0 Å². The summed E-state index contributed by atoms with van der Waals surface area (Å²) in [6.45, 7) is 8.73. The van der Waals surface area contributed by atoms with Gasteiger partial charge in [0.2, 0.25) is 5.91 Å². The zero-order chi connectivity index (χ0) is 25.1. The van der Waals surface area contributed by atoms with E-state index >= 15 is 0 Å². The summed E-state index contributed by atoms with van der Waals surface area (Å²) in [7, 11) is 1.49. The summed E-state index contributed by atoms with van der Waals surface area (Å²) in [5.74, 6) is 1.49. The Bertz CT molecular complexity index is 1000. The molecule has 34 heavy (non-hydrogen) atoms. The number of rotatable bonds is 13. The van der Waals surface area contributed by atoms with Crippen LogP contribution in [0.3, 0.4) is 0 Å². The minimum atomic E-state index is -0.580. The molecule has 0 aliphatic heterocycles. The van der Waals surface area contributed by atoms with Gasteiger partial charge in [-0.15, -0.1) is 0 Å². The van der Waals surface area contributed by atoms with Crippen LogP contribution in [0.15, 0.2) is 42.5 Å². The zero-order valence-electron chi connectivity index (χ0n) is 20.4. The molecule has 0 spiro atoms. The number of carbonyl (C=O) groups excluding carboxylic acids is 2. The number of hydrogen-bond acceptors (Lipinski definition) is 6. The Kier molecular flexibility index (Phi) is 10.3. The third-order valence-electron chi connectivity index (χ3n) is 4.88. The number of ether oxygens (including phenoxy) is 4. The molecule has 0 radical (unpaired) electrons. The van der Waals surface area contributed by atoms with Crippen LogP contribution in [-0.4, -0.2) is 38.7 Å². The van der Waals surface area contributed by atoms with Gasteiger partial charge in [0.15, 0.2) is 29.6 Å². The summed E-state index contributed by atoms with van der Waals surface area (Å²) in [6, 6.07) is 10.6. The summed E-state index contributed by atoms with van der Waals surface area (Å²) >= 11 is 0. The van der Waals surface area contributed by atoms with Crippen molar-refractivity contribution in [1.82, 2.24) is 5.32 Å². The van der Waals surface area contributed by atoms with E-state index in [1.165, 1.54) is 13.2 Å². The summed E-state index contributed by atoms with van der Waals surface area (Å²) < 4.78 is 22.0. The molecule has 8 nitrogen and oxygen atoms in total. The normalized spacial score (nSPS) is 11.8. The Hall–Kier alpha value is -3.68. The highest BCUT2D eigenvalue weighted by Gasteiger charge is 2.19. The average molecular weight is 471 g/mol. The van der Waals surface area contributed by atoms with Crippen LogP contribution in [0, 0.1) is 5.92 Å². The molecule has 184 valence electrons. The number of hydrogen-bond donors (Lipinski definition) is 2. The quantitative estimate of drug-likeness (QED) is 0.430. The van der Waals surface area contributed by atoms with Crippen LogP contribution in [0.1, 0.15) is 44.9 Å². The second-order valence-corrected chi connectivity index (χ2v) is 7.80. The van der Waals surface area contributed by atoms with Gasteiger partial charge in [0.05, 0.1) is 26.4 Å². The molecule has 2 aromatic carbocycles. The molecule has 0 bridgehead atoms. The third kappa shape index (κ3) is 7.72. The second-order valence-electron chi connectivity index (χ2n) is 7.80. The second kappa shape index (κ2) is 13.1. The van der Waals surface area contributed by atoms with Crippen LogP contribution >= 0.6 is 0 Å². The van der Waals surface area contributed by atoms with Crippen molar-refractivity contribution < 1.29 is 28.5 Å². The zero-order valence-corrected chi connectivity index (χ0v) is 20.4. The van der Waals surface area contributed by atoms with E-state index in [2.05, 4.69) is 5.32 Å². The average Bonchev–Trinajstić information content (AvgIpc) is 2.81. The molecule has 1 atom stereocenters. The van der Waals surface area contributed by atoms with Crippen molar-refractivity contribution in [3.8, 4) is 23.0 Å². The summed E-state index contributed by atoms with van der Waals surface area (Å²) in [5.41, 5.74) is 6.78. The smallest absolute Gasteiger partial charge is 0.255 e. The number of benzene rings is 2. The maximum Gasteiger partial charge on any atom is 0.255 e. The Balaban J connectivity index is 2.16. The molecule has 0 saturated carbocycles. The fraction of sp³-hybridized carbons (Fsp3) is 0.385. The summed E-state index contributed by atoms with van der Waals surface area (Å²) in [6.07, 6.45) is 3.14. The van der Waals surface area contributed by atoms with Crippen LogP contribution in [0.25, 0.3) is 6.08 Å². The lowest BCUT2D eigenvalue weighted by atomic mass is 9.95. The summed E-state index contributed by atoms with van der Waals surface area (Å²) in [5, 5.41) is 3.07. The van der Waals surface area contributed by atoms with E-state index < -0.39 is 5.91 Å². The standard InChI is InChI=1S/C26H34N2O6/c1-6-32-21-12-10-19(15-23(21)33-7-2)26(17(3)4)28-25(30)13-9-18-8-11-20(22(14-18)31-5)34-16-24(27)29/h8-15,17,26H,6-7,16H2,1-5H3,(H2,27,29)(H,28,30)/b13-9+. The van der Waals surface area contributed by atoms with E-state index in [9.17, 15) is 9.59 Å². The van der Waals surface area contributed by atoms with Crippen LogP contribution in [0.4, 0.5) is 0 Å². The molecular weight excluding hydrogens is 436 g/mol. The Morgan fingerprint density at radius 3 is 2.21 bits per heavy atom. The van der Waals surface area contributed by atoms with Crippen LogP contribution in [-0.2, 0) is 9.59 Å². The Morgan fingerprint density at radius 1 is 0.941 bits per heavy atom. The molecule has 3 N–H and O–H groups in total. The minimum absolute atomic E-state index is 0.145. The van der Waals surface area contributed by atoms with Crippen LogP contribution < -0.4 is 30.0 Å². The molecule has 0 fully saturated rings. The summed E-state index contributed by atoms with van der Waals surface area (Å²) in [4.78, 5) is 23.7. The topological polar surface area (TPSA) is 109 Å². The van der Waals surface area contributed by atoms with Crippen molar-refractivity contribution in [2.75, 3.05) is 26.9 Å². The highest BCUT2D eigenvalue weighted by Crippen LogP contribution is 2.33. The van der Waals surface area contributed by atoms with E-state index in [1.54, 1.807) is 24.3 Å². The van der Waals surface area contributed by atoms with Crippen molar-refractivity contribution in [1.29, 1.82) is 0 Å². The fourth-order valence-electron chi connectivity index (χ4n) is 3.33. The number of nitrogens with two attached hydrogens (primary N) is 1. The highest BCUT2D eigenvalue weighted by molar-refractivity contribution is 5.92. The molecule has 1 unspecified atom stereocenters. The maximum absolute atomic E-state index is 12.7. The highest BCUT2D eigenvalue weighted by atomic mass is 16.5. The molecule has 2 amide bonds. The van der Waals surface area contributed by atoms with Gasteiger partial charge in [0.25, 0.3) is 5.91 Å². The molecule has 0 heterocycles. The molecule has 2 aromatic rings. The van der Waals surface area contributed by atoms with Gasteiger partial charge >= 0.3 is 0 Å². The monoisotopic (exact) mass is 470 g/mol. The van der Waals surface area contributed by atoms with Gasteiger partial charge in [-0.05, 0) is 61.2 Å². The van der Waals surface area contributed by atoms with Crippen molar-refractivity contribution in [2.45, 2.75) is 33.7 Å². The first kappa shape index (κ1) is 26.6. The number of amides is 2. The first-order valence-corrected chi connectivity index (χ1v) is 11.3. The van der Waals surface area contributed by atoms with Crippen molar-refractivity contribution in [3.05, 3.63) is 53.6 Å². The molecule has 0 aromatic heterocycles. The largest absolute Gasteiger partial charge is 0.493 e. The van der Waals surface area contributed by atoms with Gasteiger partial charge in [-0.2, -0.15) is 0 Å². The Morgan fingerprint density at radius 2 is 1.59 bits per heavy atom. The van der Waals surface area contributed by atoms with Crippen LogP contribution in [0.2, 0.25) is 0 Å². The lowest BCUT2D eigenvalue weighted by Crippen LogP contribution is -2.30. The van der Waals surface area contributed by atoms with Crippen molar-refractivity contribution >= 4 is 17.9 Å². The van der Waals surface area contributed by atoms with E-state index in [1.807, 2.05) is 45.9 Å². The molecule has 0 saturated heterocycles. The lowest BCUT2D eigenvalue weighted by Gasteiger charge is -2.23. The number of primary amides is 1. The fourth-order valence-corrected chi connectivity index (χ4v) is 3.33.